The van der Waals surface area contributed by atoms with E-state index in [2.05, 4.69) is 5.32 Å². The fourth-order valence-electron chi connectivity index (χ4n) is 3.28. The molecule has 1 heterocycles. The molecule has 1 aliphatic heterocycles. The van der Waals surface area contributed by atoms with Crippen LogP contribution in [0.3, 0.4) is 0 Å². The van der Waals surface area contributed by atoms with Gasteiger partial charge in [0.1, 0.15) is 12.4 Å². The number of ether oxygens (including phenoxy) is 1. The fourth-order valence-corrected chi connectivity index (χ4v) is 5.10. The molecule has 1 saturated heterocycles. The van der Waals surface area contributed by atoms with Crippen molar-refractivity contribution in [3.8, 4) is 5.75 Å². The molecule has 0 unspecified atom stereocenters. The number of carbonyl (C=O) groups is 1. The van der Waals surface area contributed by atoms with E-state index >= 15 is 0 Å². The van der Waals surface area contributed by atoms with Gasteiger partial charge in [0, 0.05) is 23.1 Å². The van der Waals surface area contributed by atoms with Gasteiger partial charge in [-0.2, -0.15) is 4.31 Å². The molecule has 0 saturated carbocycles. The number of halogens is 2. The molecule has 1 fully saturated rings. The van der Waals surface area contributed by atoms with Crippen molar-refractivity contribution in [3.63, 3.8) is 0 Å². The van der Waals surface area contributed by atoms with Crippen molar-refractivity contribution in [2.45, 2.75) is 24.7 Å². The summed E-state index contributed by atoms with van der Waals surface area (Å²) in [6, 6.07) is 11.5. The van der Waals surface area contributed by atoms with Gasteiger partial charge in [-0.15, -0.1) is 0 Å². The van der Waals surface area contributed by atoms with Crippen LogP contribution in [0.2, 0.25) is 10.0 Å². The molecule has 9 heteroatoms. The monoisotopic (exact) mass is 470 g/mol. The van der Waals surface area contributed by atoms with Crippen LogP contribution in [-0.4, -0.2) is 44.9 Å². The van der Waals surface area contributed by atoms with E-state index in [0.717, 1.165) is 5.56 Å². The highest BCUT2D eigenvalue weighted by atomic mass is 35.5. The number of sulfonamides is 1. The van der Waals surface area contributed by atoms with Gasteiger partial charge >= 0.3 is 0 Å². The summed E-state index contributed by atoms with van der Waals surface area (Å²) in [6.07, 6.45) is 1.27. The van der Waals surface area contributed by atoms with Gasteiger partial charge in [-0.25, -0.2) is 8.42 Å². The van der Waals surface area contributed by atoms with Gasteiger partial charge < -0.3 is 10.1 Å². The molecule has 2 aromatic rings. The topological polar surface area (TPSA) is 75.7 Å². The Morgan fingerprint density at radius 2 is 1.93 bits per heavy atom. The number of hydrogen-bond donors (Lipinski definition) is 1. The van der Waals surface area contributed by atoms with E-state index in [-0.39, 0.29) is 17.3 Å². The smallest absolute Gasteiger partial charge is 0.243 e. The fraction of sp³-hybridized carbons (Fsp3) is 0.381. The molecule has 3 rings (SSSR count). The van der Waals surface area contributed by atoms with E-state index in [1.54, 1.807) is 18.2 Å². The number of piperidine rings is 1. The van der Waals surface area contributed by atoms with E-state index in [1.807, 2.05) is 19.1 Å². The molecule has 0 aromatic heterocycles. The van der Waals surface area contributed by atoms with Crippen molar-refractivity contribution in [1.82, 2.24) is 9.62 Å². The molecule has 2 aromatic carbocycles. The van der Waals surface area contributed by atoms with Gasteiger partial charge in [-0.1, -0.05) is 29.3 Å². The lowest BCUT2D eigenvalue weighted by Gasteiger charge is -2.31. The largest absolute Gasteiger partial charge is 0.492 e. The lowest BCUT2D eigenvalue weighted by Crippen LogP contribution is -2.45. The summed E-state index contributed by atoms with van der Waals surface area (Å²) in [5, 5.41) is 3.93. The van der Waals surface area contributed by atoms with Gasteiger partial charge in [0.15, 0.2) is 0 Å². The second kappa shape index (κ2) is 10.0. The normalized spacial score (nSPS) is 17.5. The molecule has 0 radical (unpaired) electrons. The molecular formula is C21H24Cl2N2O4S. The van der Waals surface area contributed by atoms with Crippen LogP contribution in [0, 0.1) is 12.8 Å². The standard InChI is InChI=1S/C21H24Cl2N2O4S/c1-15-4-7-18(13-20(15)23)29-12-10-24-21(26)16-3-2-11-25(14-16)30(27,28)19-8-5-17(22)6-9-19/h4-9,13,16H,2-3,10-12,14H2,1H3,(H,24,26)/t16-/m0/s1. The van der Waals surface area contributed by atoms with E-state index in [4.69, 9.17) is 27.9 Å². The van der Waals surface area contributed by atoms with Crippen molar-refractivity contribution in [3.05, 3.63) is 58.1 Å². The van der Waals surface area contributed by atoms with E-state index in [1.165, 1.54) is 16.4 Å². The Labute approximate surface area is 187 Å². The first kappa shape index (κ1) is 22.9. The Balaban J connectivity index is 1.51. The summed E-state index contributed by atoms with van der Waals surface area (Å²) < 4.78 is 32.7. The van der Waals surface area contributed by atoms with Crippen LogP contribution < -0.4 is 10.1 Å². The third kappa shape index (κ3) is 5.66. The van der Waals surface area contributed by atoms with Crippen LogP contribution >= 0.6 is 23.2 Å². The molecular weight excluding hydrogens is 447 g/mol. The third-order valence-electron chi connectivity index (χ3n) is 5.02. The van der Waals surface area contributed by atoms with Crippen LogP contribution in [0.15, 0.2) is 47.4 Å². The maximum Gasteiger partial charge on any atom is 0.243 e. The number of benzene rings is 2. The van der Waals surface area contributed by atoms with Crippen LogP contribution in [0.5, 0.6) is 5.75 Å². The first-order valence-electron chi connectivity index (χ1n) is 9.70. The zero-order valence-corrected chi connectivity index (χ0v) is 18.9. The summed E-state index contributed by atoms with van der Waals surface area (Å²) in [5.41, 5.74) is 0.965. The predicted octanol–water partition coefficient (Wildman–Crippen LogP) is 3.90. The molecule has 0 bridgehead atoms. The lowest BCUT2D eigenvalue weighted by molar-refractivity contribution is -0.126. The lowest BCUT2D eigenvalue weighted by atomic mass is 9.99. The summed E-state index contributed by atoms with van der Waals surface area (Å²) in [6.45, 7) is 3.08. The molecule has 30 heavy (non-hydrogen) atoms. The Bertz CT molecular complexity index is 997. The van der Waals surface area contributed by atoms with Crippen molar-refractivity contribution in [2.75, 3.05) is 26.2 Å². The van der Waals surface area contributed by atoms with Crippen LogP contribution in [0.1, 0.15) is 18.4 Å². The Hall–Kier alpha value is -1.80. The molecule has 1 aliphatic rings. The zero-order valence-electron chi connectivity index (χ0n) is 16.6. The van der Waals surface area contributed by atoms with Crippen molar-refractivity contribution in [2.24, 2.45) is 5.92 Å². The van der Waals surface area contributed by atoms with E-state index in [0.29, 0.717) is 48.3 Å². The second-order valence-electron chi connectivity index (χ2n) is 7.21. The average Bonchev–Trinajstić information content (AvgIpc) is 2.74. The number of rotatable bonds is 7. The van der Waals surface area contributed by atoms with Gasteiger partial charge in [-0.05, 0) is 61.7 Å². The molecule has 6 nitrogen and oxygen atoms in total. The van der Waals surface area contributed by atoms with Gasteiger partial charge in [0.25, 0.3) is 0 Å². The van der Waals surface area contributed by atoms with Crippen molar-refractivity contribution >= 4 is 39.1 Å². The minimum absolute atomic E-state index is 0.158. The third-order valence-corrected chi connectivity index (χ3v) is 7.56. The summed E-state index contributed by atoms with van der Waals surface area (Å²) in [7, 11) is -3.66. The first-order valence-corrected chi connectivity index (χ1v) is 11.9. The van der Waals surface area contributed by atoms with Crippen molar-refractivity contribution in [1.29, 1.82) is 0 Å². The molecule has 0 spiro atoms. The number of amides is 1. The number of nitrogens with one attached hydrogen (secondary N) is 1. The maximum atomic E-state index is 12.9. The molecule has 162 valence electrons. The minimum Gasteiger partial charge on any atom is -0.492 e. The number of aryl methyl sites for hydroxylation is 1. The van der Waals surface area contributed by atoms with Gasteiger partial charge in [0.05, 0.1) is 17.4 Å². The first-order chi connectivity index (χ1) is 14.3. The highest BCUT2D eigenvalue weighted by molar-refractivity contribution is 7.89. The highest BCUT2D eigenvalue weighted by Gasteiger charge is 2.33. The summed E-state index contributed by atoms with van der Waals surface area (Å²) in [4.78, 5) is 12.7. The quantitative estimate of drug-likeness (QED) is 0.622. The molecule has 1 amide bonds. The Kier molecular flexibility index (Phi) is 7.63. The minimum atomic E-state index is -3.66. The second-order valence-corrected chi connectivity index (χ2v) is 9.99. The van der Waals surface area contributed by atoms with Crippen LogP contribution in [0.25, 0.3) is 0 Å². The number of nitrogens with zero attached hydrogens (tertiary/aromatic N) is 1. The van der Waals surface area contributed by atoms with Gasteiger partial charge in [0.2, 0.25) is 15.9 Å². The molecule has 1 atom stereocenters. The summed E-state index contributed by atoms with van der Waals surface area (Å²) >= 11 is 11.9. The number of hydrogen-bond acceptors (Lipinski definition) is 4. The zero-order chi connectivity index (χ0) is 21.7. The highest BCUT2D eigenvalue weighted by Crippen LogP contribution is 2.25. The summed E-state index contributed by atoms with van der Waals surface area (Å²) in [5.74, 6) is 0.0731. The molecule has 1 N–H and O–H groups in total. The maximum absolute atomic E-state index is 12.9. The Morgan fingerprint density at radius 1 is 1.20 bits per heavy atom. The Morgan fingerprint density at radius 3 is 2.63 bits per heavy atom. The van der Waals surface area contributed by atoms with E-state index < -0.39 is 15.9 Å². The number of carbonyl (C=O) groups excluding carboxylic acids is 1. The van der Waals surface area contributed by atoms with Crippen LogP contribution in [0.4, 0.5) is 0 Å². The average molecular weight is 471 g/mol. The van der Waals surface area contributed by atoms with E-state index in [9.17, 15) is 13.2 Å². The SMILES string of the molecule is Cc1ccc(OCCNC(=O)[C@H]2CCCN(S(=O)(=O)c3ccc(Cl)cc3)C2)cc1Cl. The molecule has 0 aliphatic carbocycles. The van der Waals surface area contributed by atoms with Crippen LogP contribution in [-0.2, 0) is 14.8 Å². The predicted molar refractivity (Wildman–Crippen MR) is 118 cm³/mol. The van der Waals surface area contributed by atoms with Gasteiger partial charge in [-0.3, -0.25) is 4.79 Å². The van der Waals surface area contributed by atoms with Crippen molar-refractivity contribution < 1.29 is 17.9 Å².